The summed E-state index contributed by atoms with van der Waals surface area (Å²) < 4.78 is 44.1. The van der Waals surface area contributed by atoms with Crippen molar-refractivity contribution in [1.29, 1.82) is 0 Å². The third-order valence-corrected chi connectivity index (χ3v) is 4.81. The maximum atomic E-state index is 13.0. The molecule has 0 unspecified atom stereocenters. The van der Waals surface area contributed by atoms with Gasteiger partial charge in [0.05, 0.1) is 22.5 Å². The first-order valence-electron chi connectivity index (χ1n) is 8.53. The molecule has 0 bridgehead atoms. The molecule has 0 saturated carbocycles. The first-order chi connectivity index (χ1) is 14.1. The fraction of sp³-hybridized carbons (Fsp3) is 0.150. The molecule has 1 aromatic heterocycles. The van der Waals surface area contributed by atoms with Crippen LogP contribution in [-0.2, 0) is 22.3 Å². The molecule has 0 atom stereocenters. The van der Waals surface area contributed by atoms with E-state index in [9.17, 15) is 27.9 Å². The second kappa shape index (κ2) is 8.54. The van der Waals surface area contributed by atoms with E-state index in [-0.39, 0.29) is 28.7 Å². The van der Waals surface area contributed by atoms with E-state index < -0.39 is 23.6 Å². The number of carbonyl (C=O) groups is 2. The van der Waals surface area contributed by atoms with Gasteiger partial charge in [-0.2, -0.15) is 13.2 Å². The van der Waals surface area contributed by atoms with Gasteiger partial charge in [0, 0.05) is 12.3 Å². The zero-order valence-electron chi connectivity index (χ0n) is 15.5. The largest absolute Gasteiger partial charge is 0.508 e. The van der Waals surface area contributed by atoms with Crippen molar-refractivity contribution in [3.05, 3.63) is 70.7 Å². The third kappa shape index (κ3) is 4.95. The van der Waals surface area contributed by atoms with E-state index >= 15 is 0 Å². The SMILES string of the molecule is CC(=O)N(c1cccc(C(F)(F)F)c1)c1nc(COC(=O)c2ccc(O)cc2)cs1. The number of halogens is 3. The number of hydrogen-bond donors (Lipinski definition) is 1. The van der Waals surface area contributed by atoms with Crippen LogP contribution in [0.3, 0.4) is 0 Å². The lowest BCUT2D eigenvalue weighted by Crippen LogP contribution is -2.23. The van der Waals surface area contributed by atoms with Crippen molar-refractivity contribution in [3.63, 3.8) is 0 Å². The summed E-state index contributed by atoms with van der Waals surface area (Å²) in [6.07, 6.45) is -4.55. The number of benzene rings is 2. The van der Waals surface area contributed by atoms with Crippen LogP contribution >= 0.6 is 11.3 Å². The lowest BCUT2D eigenvalue weighted by molar-refractivity contribution is -0.137. The first kappa shape index (κ1) is 21.3. The highest BCUT2D eigenvalue weighted by Gasteiger charge is 2.31. The lowest BCUT2D eigenvalue weighted by atomic mass is 10.2. The minimum atomic E-state index is -4.55. The highest BCUT2D eigenvalue weighted by molar-refractivity contribution is 7.14. The molecule has 3 aromatic rings. The van der Waals surface area contributed by atoms with E-state index in [1.807, 2.05) is 0 Å². The second-order valence-corrected chi connectivity index (χ2v) is 6.98. The van der Waals surface area contributed by atoms with Crippen molar-refractivity contribution in [2.24, 2.45) is 0 Å². The van der Waals surface area contributed by atoms with Gasteiger partial charge in [-0.1, -0.05) is 6.07 Å². The molecule has 30 heavy (non-hydrogen) atoms. The summed E-state index contributed by atoms with van der Waals surface area (Å²) in [7, 11) is 0. The van der Waals surface area contributed by atoms with Crippen LogP contribution in [0.4, 0.5) is 24.0 Å². The standard InChI is InChI=1S/C20H15F3N2O4S/c1-12(26)25(16-4-2-3-14(9-16)20(21,22)23)19-24-15(11-30-19)10-29-18(28)13-5-7-17(27)8-6-13/h2-9,11,27H,10H2,1H3. The Kier molecular flexibility index (Phi) is 6.06. The van der Waals surface area contributed by atoms with Gasteiger partial charge in [0.2, 0.25) is 5.91 Å². The Bertz CT molecular complexity index is 1060. The minimum absolute atomic E-state index is 0.00890. The van der Waals surface area contributed by atoms with Crippen molar-refractivity contribution >= 4 is 34.0 Å². The van der Waals surface area contributed by atoms with Crippen LogP contribution in [-0.4, -0.2) is 22.0 Å². The third-order valence-electron chi connectivity index (χ3n) is 3.93. The van der Waals surface area contributed by atoms with E-state index in [1.165, 1.54) is 43.3 Å². The number of hydrogen-bond acceptors (Lipinski definition) is 6. The number of aromatic hydroxyl groups is 1. The summed E-state index contributed by atoms with van der Waals surface area (Å²) in [6.45, 7) is 1.02. The molecule has 0 aliphatic carbocycles. The molecule has 10 heteroatoms. The van der Waals surface area contributed by atoms with E-state index in [0.717, 1.165) is 28.4 Å². The highest BCUT2D eigenvalue weighted by atomic mass is 32.1. The summed E-state index contributed by atoms with van der Waals surface area (Å²) in [4.78, 5) is 29.4. The monoisotopic (exact) mass is 436 g/mol. The number of esters is 1. The number of phenolic OH excluding ortho intramolecular Hbond substituents is 1. The van der Waals surface area contributed by atoms with Crippen LogP contribution in [0.1, 0.15) is 28.5 Å². The molecule has 0 aliphatic rings. The summed E-state index contributed by atoms with van der Waals surface area (Å²) in [6, 6.07) is 9.86. The molecule has 0 radical (unpaired) electrons. The molecule has 0 aliphatic heterocycles. The first-order valence-corrected chi connectivity index (χ1v) is 9.41. The van der Waals surface area contributed by atoms with Crippen LogP contribution in [0.15, 0.2) is 53.9 Å². The molecule has 2 aromatic carbocycles. The van der Waals surface area contributed by atoms with Crippen LogP contribution < -0.4 is 4.90 Å². The number of phenols is 1. The van der Waals surface area contributed by atoms with Gasteiger partial charge < -0.3 is 9.84 Å². The van der Waals surface area contributed by atoms with Crippen molar-refractivity contribution in [3.8, 4) is 5.75 Å². The predicted octanol–water partition coefficient (Wildman–Crippen LogP) is 4.91. The summed E-state index contributed by atoms with van der Waals surface area (Å²) in [5.74, 6) is -1.14. The van der Waals surface area contributed by atoms with Gasteiger partial charge >= 0.3 is 12.1 Å². The van der Waals surface area contributed by atoms with E-state index in [1.54, 1.807) is 5.38 Å². The van der Waals surface area contributed by atoms with Gasteiger partial charge in [-0.3, -0.25) is 9.69 Å². The molecule has 1 N–H and O–H groups in total. The Morgan fingerprint density at radius 2 is 1.87 bits per heavy atom. The molecule has 1 amide bonds. The smallest absolute Gasteiger partial charge is 0.416 e. The fourth-order valence-corrected chi connectivity index (χ4v) is 3.41. The quantitative estimate of drug-likeness (QED) is 0.575. The summed E-state index contributed by atoms with van der Waals surface area (Å²) >= 11 is 1.03. The Balaban J connectivity index is 1.76. The van der Waals surface area contributed by atoms with Crippen molar-refractivity contribution in [2.45, 2.75) is 19.7 Å². The Labute approximate surface area is 173 Å². The van der Waals surface area contributed by atoms with Gasteiger partial charge in [0.15, 0.2) is 5.13 Å². The van der Waals surface area contributed by atoms with E-state index in [0.29, 0.717) is 5.69 Å². The number of thiazole rings is 1. The van der Waals surface area contributed by atoms with Crippen molar-refractivity contribution < 1.29 is 32.6 Å². The molecule has 1 heterocycles. The number of ether oxygens (including phenoxy) is 1. The number of nitrogens with zero attached hydrogens (tertiary/aromatic N) is 2. The average Bonchev–Trinajstić information content (AvgIpc) is 3.14. The van der Waals surface area contributed by atoms with Gasteiger partial charge in [0.1, 0.15) is 12.4 Å². The maximum Gasteiger partial charge on any atom is 0.416 e. The molecule has 0 saturated heterocycles. The van der Waals surface area contributed by atoms with E-state index in [4.69, 9.17) is 4.74 Å². The average molecular weight is 436 g/mol. The number of alkyl halides is 3. The number of aromatic nitrogens is 1. The maximum absolute atomic E-state index is 13.0. The summed E-state index contributed by atoms with van der Waals surface area (Å²) in [5.41, 5.74) is -0.289. The van der Waals surface area contributed by atoms with Crippen molar-refractivity contribution in [1.82, 2.24) is 4.98 Å². The number of carbonyl (C=O) groups excluding carboxylic acids is 2. The van der Waals surface area contributed by atoms with Crippen LogP contribution in [0.2, 0.25) is 0 Å². The second-order valence-electron chi connectivity index (χ2n) is 6.15. The number of amides is 1. The van der Waals surface area contributed by atoms with Crippen LogP contribution in [0.5, 0.6) is 5.75 Å². The normalized spacial score (nSPS) is 11.2. The fourth-order valence-electron chi connectivity index (χ4n) is 2.53. The molecule has 6 nitrogen and oxygen atoms in total. The van der Waals surface area contributed by atoms with Gasteiger partial charge in [-0.25, -0.2) is 9.78 Å². The van der Waals surface area contributed by atoms with E-state index in [2.05, 4.69) is 4.98 Å². The topological polar surface area (TPSA) is 79.7 Å². The minimum Gasteiger partial charge on any atom is -0.508 e. The number of rotatable bonds is 5. The van der Waals surface area contributed by atoms with Gasteiger partial charge in [-0.15, -0.1) is 11.3 Å². The van der Waals surface area contributed by atoms with Crippen LogP contribution in [0.25, 0.3) is 0 Å². The zero-order valence-corrected chi connectivity index (χ0v) is 16.3. The van der Waals surface area contributed by atoms with Gasteiger partial charge in [-0.05, 0) is 42.5 Å². The summed E-state index contributed by atoms with van der Waals surface area (Å²) in [5, 5.41) is 10.9. The van der Waals surface area contributed by atoms with Crippen molar-refractivity contribution in [2.75, 3.05) is 4.90 Å². The molecule has 0 fully saturated rings. The molecular weight excluding hydrogens is 421 g/mol. The number of anilines is 2. The highest BCUT2D eigenvalue weighted by Crippen LogP contribution is 2.35. The lowest BCUT2D eigenvalue weighted by Gasteiger charge is -2.19. The zero-order chi connectivity index (χ0) is 21.9. The van der Waals surface area contributed by atoms with Gasteiger partial charge in [0.25, 0.3) is 0 Å². The Morgan fingerprint density at radius 3 is 2.50 bits per heavy atom. The molecule has 156 valence electrons. The Hall–Kier alpha value is -3.40. The molecule has 0 spiro atoms. The molecular formula is C20H15F3N2O4S. The van der Waals surface area contributed by atoms with Crippen LogP contribution in [0, 0.1) is 0 Å². The Morgan fingerprint density at radius 1 is 1.17 bits per heavy atom. The molecule has 3 rings (SSSR count). The predicted molar refractivity (Wildman–Crippen MR) is 104 cm³/mol.